The first-order chi connectivity index (χ1) is 22.6. The Hall–Kier alpha value is -6.28. The number of hydrogen-bond donors (Lipinski definition) is 0. The molecule has 8 rings (SSSR count). The van der Waals surface area contributed by atoms with Crippen LogP contribution in [0.4, 0.5) is 0 Å². The molecule has 4 nitrogen and oxygen atoms in total. The minimum absolute atomic E-state index is 0.288. The van der Waals surface area contributed by atoms with Crippen molar-refractivity contribution in [2.45, 2.75) is 0 Å². The van der Waals surface area contributed by atoms with Crippen LogP contribution in [0, 0.1) is 45.3 Å². The molecule has 0 saturated carbocycles. The van der Waals surface area contributed by atoms with Crippen molar-refractivity contribution in [2.75, 3.05) is 0 Å². The smallest absolute Gasteiger partial charge is 0.100 e. The summed E-state index contributed by atoms with van der Waals surface area (Å²) in [7, 11) is 0. The lowest BCUT2D eigenvalue weighted by atomic mass is 9.82. The largest absolute Gasteiger partial charge is 0.192 e. The molecule has 0 saturated heterocycles. The number of nitrogens with zero attached hydrogens (tertiary/aromatic N) is 4. The fourth-order valence-corrected chi connectivity index (χ4v) is 8.53. The van der Waals surface area contributed by atoms with Crippen LogP contribution in [0.25, 0.3) is 73.7 Å². The van der Waals surface area contributed by atoms with Crippen LogP contribution in [0.15, 0.2) is 109 Å². The van der Waals surface area contributed by atoms with Crippen LogP contribution in [0.5, 0.6) is 0 Å². The van der Waals surface area contributed by atoms with Crippen molar-refractivity contribution in [3.63, 3.8) is 0 Å². The van der Waals surface area contributed by atoms with E-state index in [0.29, 0.717) is 38.9 Å². The van der Waals surface area contributed by atoms with E-state index in [-0.39, 0.29) is 5.56 Å². The first kappa shape index (κ1) is 27.3. The van der Waals surface area contributed by atoms with E-state index in [1.165, 1.54) is 4.70 Å². The van der Waals surface area contributed by atoms with E-state index < -0.39 is 0 Å². The van der Waals surface area contributed by atoms with E-state index in [1.807, 2.05) is 42.5 Å². The Balaban J connectivity index is 1.49. The second-order valence-corrected chi connectivity index (χ2v) is 13.1. The minimum atomic E-state index is 0.288. The number of nitriles is 4. The lowest BCUT2D eigenvalue weighted by molar-refractivity contribution is 1.41. The number of fused-ring (bicyclic) bond motifs is 6. The molecule has 6 heteroatoms. The average Bonchev–Trinajstić information content (AvgIpc) is 3.68. The maximum Gasteiger partial charge on any atom is 0.100 e. The fraction of sp³-hybridized carbons (Fsp3) is 0. The van der Waals surface area contributed by atoms with Crippen molar-refractivity contribution in [3.8, 4) is 57.7 Å². The third-order valence-corrected chi connectivity index (χ3v) is 10.8. The molecule has 0 spiro atoms. The summed E-state index contributed by atoms with van der Waals surface area (Å²) in [6.45, 7) is 0. The van der Waals surface area contributed by atoms with E-state index in [1.54, 1.807) is 40.9 Å². The molecule has 2 heterocycles. The number of rotatable bonds is 3. The summed E-state index contributed by atoms with van der Waals surface area (Å²) >= 11 is 3.43. The molecule has 0 aliphatic carbocycles. The Morgan fingerprint density at radius 3 is 1.59 bits per heavy atom. The van der Waals surface area contributed by atoms with Crippen LogP contribution in [-0.2, 0) is 0 Å². The Labute approximate surface area is 272 Å². The molecule has 8 aromatic rings. The van der Waals surface area contributed by atoms with Gasteiger partial charge in [0.05, 0.1) is 34.4 Å². The van der Waals surface area contributed by atoms with Gasteiger partial charge in [0.1, 0.15) is 12.1 Å². The maximum atomic E-state index is 10.8. The van der Waals surface area contributed by atoms with E-state index >= 15 is 0 Å². The summed E-state index contributed by atoms with van der Waals surface area (Å²) in [6, 6.07) is 44.8. The molecule has 0 aliphatic rings. The van der Waals surface area contributed by atoms with Crippen LogP contribution >= 0.6 is 22.7 Å². The Morgan fingerprint density at radius 1 is 0.413 bits per heavy atom. The van der Waals surface area contributed by atoms with Gasteiger partial charge < -0.3 is 0 Å². The van der Waals surface area contributed by atoms with Crippen LogP contribution in [0.3, 0.4) is 0 Å². The average molecular weight is 619 g/mol. The van der Waals surface area contributed by atoms with Gasteiger partial charge in [0.15, 0.2) is 0 Å². The zero-order valence-electron chi connectivity index (χ0n) is 24.0. The van der Waals surface area contributed by atoms with E-state index in [2.05, 4.69) is 72.8 Å². The highest BCUT2D eigenvalue weighted by atomic mass is 32.1. The monoisotopic (exact) mass is 618 g/mol. The van der Waals surface area contributed by atoms with Gasteiger partial charge in [0.2, 0.25) is 0 Å². The number of thiophene rings is 2. The van der Waals surface area contributed by atoms with Crippen LogP contribution in [-0.4, -0.2) is 0 Å². The predicted octanol–water partition coefficient (Wildman–Crippen LogP) is 10.9. The van der Waals surface area contributed by atoms with Gasteiger partial charge in [0.25, 0.3) is 0 Å². The van der Waals surface area contributed by atoms with Crippen molar-refractivity contribution < 1.29 is 0 Å². The van der Waals surface area contributed by atoms with E-state index in [9.17, 15) is 21.0 Å². The van der Waals surface area contributed by atoms with Crippen molar-refractivity contribution >= 4 is 63.0 Å². The van der Waals surface area contributed by atoms with Gasteiger partial charge in [-0.15, -0.1) is 22.7 Å². The molecule has 0 N–H and O–H groups in total. The summed E-state index contributed by atoms with van der Waals surface area (Å²) in [5, 5.41) is 45.6. The van der Waals surface area contributed by atoms with Crippen LogP contribution in [0.1, 0.15) is 22.3 Å². The third-order valence-electron chi connectivity index (χ3n) is 8.46. The summed E-state index contributed by atoms with van der Waals surface area (Å²) in [5.74, 6) is 0. The molecular weight excluding hydrogens is 601 g/mol. The minimum Gasteiger partial charge on any atom is -0.192 e. The van der Waals surface area contributed by atoms with Crippen molar-refractivity contribution in [3.05, 3.63) is 131 Å². The summed E-state index contributed by atoms with van der Waals surface area (Å²) in [6.07, 6.45) is 0. The maximum absolute atomic E-state index is 10.8. The summed E-state index contributed by atoms with van der Waals surface area (Å²) in [5.41, 5.74) is 5.22. The van der Waals surface area contributed by atoms with Gasteiger partial charge >= 0.3 is 0 Å². The lowest BCUT2D eigenvalue weighted by Gasteiger charge is -2.18. The molecule has 0 radical (unpaired) electrons. The second-order valence-electron chi connectivity index (χ2n) is 10.9. The quantitative estimate of drug-likeness (QED) is 0.197. The Morgan fingerprint density at radius 2 is 0.978 bits per heavy atom. The third kappa shape index (κ3) is 4.15. The number of hydrogen-bond acceptors (Lipinski definition) is 6. The predicted molar refractivity (Wildman–Crippen MR) is 187 cm³/mol. The SMILES string of the molecule is N#Cc1ccc(-c2cc(-c3ccc4sc5ccccc5c4c3)c(C#N)c(-c3ccc4sc5ccccc5c4c3)c2C#N)c(C#N)c1. The first-order valence-corrected chi connectivity index (χ1v) is 16.0. The molecule has 0 bridgehead atoms. The molecule has 46 heavy (non-hydrogen) atoms. The van der Waals surface area contributed by atoms with Gasteiger partial charge in [0, 0.05) is 62.6 Å². The molecule has 6 aromatic carbocycles. The van der Waals surface area contributed by atoms with Gasteiger partial charge in [-0.1, -0.05) is 54.6 Å². The highest BCUT2D eigenvalue weighted by Gasteiger charge is 2.24. The van der Waals surface area contributed by atoms with Crippen molar-refractivity contribution in [1.82, 2.24) is 0 Å². The molecule has 0 fully saturated rings. The Bertz CT molecular complexity index is 2750. The lowest BCUT2D eigenvalue weighted by Crippen LogP contribution is -1.99. The summed E-state index contributed by atoms with van der Waals surface area (Å²) in [4.78, 5) is 0. The van der Waals surface area contributed by atoms with E-state index in [0.717, 1.165) is 46.8 Å². The zero-order valence-corrected chi connectivity index (χ0v) is 25.6. The normalized spacial score (nSPS) is 11.0. The first-order valence-electron chi connectivity index (χ1n) is 14.4. The van der Waals surface area contributed by atoms with Crippen molar-refractivity contribution in [2.24, 2.45) is 0 Å². The standard InChI is InChI=1S/C40H18N4S2/c41-19-23-9-12-27(26(15-23)20-42)31-18-30(24-10-13-38-32(16-24)28-5-1-3-7-36(28)45-38)34(21-43)40(35(31)22-44)25-11-14-39-33(17-25)29-6-2-4-8-37(29)46-39/h1-18H. The zero-order chi connectivity index (χ0) is 31.4. The number of benzene rings is 6. The summed E-state index contributed by atoms with van der Waals surface area (Å²) < 4.78 is 4.61. The van der Waals surface area contributed by atoms with Crippen LogP contribution in [0.2, 0.25) is 0 Å². The molecule has 2 aromatic heterocycles. The highest BCUT2D eigenvalue weighted by Crippen LogP contribution is 2.45. The van der Waals surface area contributed by atoms with Crippen molar-refractivity contribution in [1.29, 1.82) is 21.0 Å². The second kappa shape index (κ2) is 10.7. The fourth-order valence-electron chi connectivity index (χ4n) is 6.36. The van der Waals surface area contributed by atoms with Gasteiger partial charge in [-0.25, -0.2) is 0 Å². The van der Waals surface area contributed by atoms with Gasteiger partial charge in [-0.2, -0.15) is 21.0 Å². The molecule has 210 valence electrons. The van der Waals surface area contributed by atoms with E-state index in [4.69, 9.17) is 0 Å². The molecule has 0 amide bonds. The molecule has 0 unspecified atom stereocenters. The van der Waals surface area contributed by atoms with Gasteiger partial charge in [-0.3, -0.25) is 0 Å². The molecule has 0 aliphatic heterocycles. The molecular formula is C40H18N4S2. The Kier molecular flexibility index (Phi) is 6.35. The topological polar surface area (TPSA) is 95.2 Å². The highest BCUT2D eigenvalue weighted by molar-refractivity contribution is 7.26. The van der Waals surface area contributed by atoms with Crippen LogP contribution < -0.4 is 0 Å². The molecule has 0 atom stereocenters. The van der Waals surface area contributed by atoms with Gasteiger partial charge in [-0.05, 0) is 65.7 Å².